The third-order valence-electron chi connectivity index (χ3n) is 2.61. The van der Waals surface area contributed by atoms with Crippen LogP contribution in [-0.2, 0) is 6.54 Å². The van der Waals surface area contributed by atoms with Crippen molar-refractivity contribution in [3.8, 4) is 5.75 Å². The van der Waals surface area contributed by atoms with E-state index in [9.17, 15) is 5.11 Å². The number of phenolic OH excluding ortho intramolecular Hbond substituents is 1. The van der Waals surface area contributed by atoms with Gasteiger partial charge in [-0.15, -0.1) is 0 Å². The first-order valence-electron chi connectivity index (χ1n) is 4.64. The minimum Gasteiger partial charge on any atom is -0.508 e. The lowest BCUT2D eigenvalue weighted by Gasteiger charge is -1.99. The normalized spacial score (nSPS) is 11.1. The van der Waals surface area contributed by atoms with Crippen molar-refractivity contribution < 1.29 is 5.11 Å². The molecule has 3 nitrogen and oxygen atoms in total. The van der Waals surface area contributed by atoms with E-state index in [0.717, 1.165) is 27.7 Å². The molecular weight excluding hydrogens is 176 g/mol. The van der Waals surface area contributed by atoms with Gasteiger partial charge in [0.05, 0.1) is 0 Å². The maximum absolute atomic E-state index is 9.49. The Morgan fingerprint density at radius 1 is 1.36 bits per heavy atom. The third kappa shape index (κ3) is 1.17. The molecule has 1 aromatic heterocycles. The summed E-state index contributed by atoms with van der Waals surface area (Å²) in [4.78, 5) is 3.28. The molecule has 0 amide bonds. The summed E-state index contributed by atoms with van der Waals surface area (Å²) in [7, 11) is 0. The van der Waals surface area contributed by atoms with Crippen LogP contribution in [0.1, 0.15) is 16.8 Å². The summed E-state index contributed by atoms with van der Waals surface area (Å²) in [5.41, 5.74) is 9.94. The predicted molar refractivity (Wildman–Crippen MR) is 57.3 cm³/mol. The van der Waals surface area contributed by atoms with Gasteiger partial charge in [0.2, 0.25) is 0 Å². The molecule has 0 radical (unpaired) electrons. The largest absolute Gasteiger partial charge is 0.508 e. The maximum Gasteiger partial charge on any atom is 0.116 e. The van der Waals surface area contributed by atoms with Crippen LogP contribution in [0.25, 0.3) is 10.9 Å². The van der Waals surface area contributed by atoms with Crippen LogP contribution < -0.4 is 5.73 Å². The fourth-order valence-electron chi connectivity index (χ4n) is 1.90. The van der Waals surface area contributed by atoms with Crippen molar-refractivity contribution in [3.05, 3.63) is 29.0 Å². The van der Waals surface area contributed by atoms with Crippen molar-refractivity contribution in [2.75, 3.05) is 0 Å². The number of nitrogens with one attached hydrogen (secondary N) is 1. The van der Waals surface area contributed by atoms with E-state index in [1.54, 1.807) is 12.1 Å². The Morgan fingerprint density at radius 2 is 2.07 bits per heavy atom. The van der Waals surface area contributed by atoms with Gasteiger partial charge >= 0.3 is 0 Å². The smallest absolute Gasteiger partial charge is 0.116 e. The zero-order chi connectivity index (χ0) is 10.3. The van der Waals surface area contributed by atoms with E-state index in [0.29, 0.717) is 12.3 Å². The molecule has 0 aliphatic carbocycles. The van der Waals surface area contributed by atoms with Gasteiger partial charge in [-0.3, -0.25) is 0 Å². The summed E-state index contributed by atoms with van der Waals surface area (Å²) < 4.78 is 0. The fourth-order valence-corrected chi connectivity index (χ4v) is 1.90. The van der Waals surface area contributed by atoms with Crippen LogP contribution in [0.5, 0.6) is 5.75 Å². The summed E-state index contributed by atoms with van der Waals surface area (Å²) in [6.45, 7) is 4.46. The number of phenols is 1. The number of benzene rings is 1. The second-order valence-corrected chi connectivity index (χ2v) is 3.62. The van der Waals surface area contributed by atoms with Gasteiger partial charge in [-0.2, -0.15) is 0 Å². The standard InChI is InChI=1S/C11H14N2O/c1-6-3-8(14)4-9-10(5-12)7(2)13-11(6)9/h3-4,13-14H,5,12H2,1-2H3. The van der Waals surface area contributed by atoms with E-state index in [4.69, 9.17) is 5.73 Å². The van der Waals surface area contributed by atoms with Crippen LogP contribution in [0.15, 0.2) is 12.1 Å². The molecule has 0 aliphatic rings. The van der Waals surface area contributed by atoms with Gasteiger partial charge in [-0.05, 0) is 37.1 Å². The summed E-state index contributed by atoms with van der Waals surface area (Å²) in [6.07, 6.45) is 0. The number of aromatic hydroxyl groups is 1. The highest BCUT2D eigenvalue weighted by Gasteiger charge is 2.09. The molecule has 3 heteroatoms. The van der Waals surface area contributed by atoms with E-state index in [1.807, 2.05) is 13.8 Å². The fraction of sp³-hybridized carbons (Fsp3) is 0.273. The molecule has 0 unspecified atom stereocenters. The third-order valence-corrected chi connectivity index (χ3v) is 2.61. The highest BCUT2D eigenvalue weighted by atomic mass is 16.3. The molecule has 0 fully saturated rings. The average molecular weight is 190 g/mol. The Labute approximate surface area is 82.6 Å². The molecule has 2 rings (SSSR count). The summed E-state index contributed by atoms with van der Waals surface area (Å²) in [6, 6.07) is 3.51. The highest BCUT2D eigenvalue weighted by Crippen LogP contribution is 2.28. The van der Waals surface area contributed by atoms with E-state index in [-0.39, 0.29) is 0 Å². The summed E-state index contributed by atoms with van der Waals surface area (Å²) >= 11 is 0. The van der Waals surface area contributed by atoms with Crippen molar-refractivity contribution in [2.24, 2.45) is 5.73 Å². The van der Waals surface area contributed by atoms with Crippen LogP contribution in [0.3, 0.4) is 0 Å². The van der Waals surface area contributed by atoms with E-state index in [2.05, 4.69) is 4.98 Å². The first-order chi connectivity index (χ1) is 6.63. The monoisotopic (exact) mass is 190 g/mol. The number of hydrogen-bond donors (Lipinski definition) is 3. The lowest BCUT2D eigenvalue weighted by atomic mass is 10.1. The number of rotatable bonds is 1. The lowest BCUT2D eigenvalue weighted by molar-refractivity contribution is 0.476. The quantitative estimate of drug-likeness (QED) is 0.643. The lowest BCUT2D eigenvalue weighted by Crippen LogP contribution is -1.96. The van der Waals surface area contributed by atoms with Gasteiger partial charge in [-0.1, -0.05) is 0 Å². The zero-order valence-electron chi connectivity index (χ0n) is 8.39. The molecule has 0 spiro atoms. The Kier molecular flexibility index (Phi) is 1.97. The first-order valence-corrected chi connectivity index (χ1v) is 4.64. The Bertz CT molecular complexity index is 485. The number of hydrogen-bond acceptors (Lipinski definition) is 2. The Hall–Kier alpha value is -1.48. The number of nitrogens with two attached hydrogens (primary N) is 1. The van der Waals surface area contributed by atoms with Crippen molar-refractivity contribution >= 4 is 10.9 Å². The molecule has 2 aromatic rings. The van der Waals surface area contributed by atoms with Gasteiger partial charge in [0.1, 0.15) is 5.75 Å². The van der Waals surface area contributed by atoms with Crippen LogP contribution in [0.2, 0.25) is 0 Å². The summed E-state index contributed by atoms with van der Waals surface area (Å²) in [5.74, 6) is 0.295. The van der Waals surface area contributed by atoms with Crippen LogP contribution in [-0.4, -0.2) is 10.1 Å². The molecule has 14 heavy (non-hydrogen) atoms. The van der Waals surface area contributed by atoms with Crippen molar-refractivity contribution in [2.45, 2.75) is 20.4 Å². The molecule has 0 bridgehead atoms. The molecule has 74 valence electrons. The van der Waals surface area contributed by atoms with E-state index >= 15 is 0 Å². The second kappa shape index (κ2) is 3.03. The first kappa shape index (κ1) is 9.09. The molecule has 0 atom stereocenters. The Balaban J connectivity index is 2.87. The number of fused-ring (bicyclic) bond motifs is 1. The molecular formula is C11H14N2O. The number of aromatic amines is 1. The molecule has 0 saturated heterocycles. The average Bonchev–Trinajstić information content (AvgIpc) is 2.41. The van der Waals surface area contributed by atoms with Gasteiger partial charge in [0.25, 0.3) is 0 Å². The highest BCUT2D eigenvalue weighted by molar-refractivity contribution is 5.88. The second-order valence-electron chi connectivity index (χ2n) is 3.62. The zero-order valence-corrected chi connectivity index (χ0v) is 8.39. The molecule has 0 aliphatic heterocycles. The number of aromatic nitrogens is 1. The van der Waals surface area contributed by atoms with Crippen LogP contribution in [0, 0.1) is 13.8 Å². The number of H-pyrrole nitrogens is 1. The van der Waals surface area contributed by atoms with Crippen molar-refractivity contribution in [1.29, 1.82) is 0 Å². The Morgan fingerprint density at radius 3 is 2.71 bits per heavy atom. The van der Waals surface area contributed by atoms with Crippen LogP contribution in [0.4, 0.5) is 0 Å². The summed E-state index contributed by atoms with van der Waals surface area (Å²) in [5, 5.41) is 10.5. The van der Waals surface area contributed by atoms with Gasteiger partial charge in [0.15, 0.2) is 0 Å². The SMILES string of the molecule is Cc1[nH]c2c(C)cc(O)cc2c1CN. The minimum atomic E-state index is 0.295. The van der Waals surface area contributed by atoms with Gasteiger partial charge in [-0.25, -0.2) is 0 Å². The van der Waals surface area contributed by atoms with Gasteiger partial charge < -0.3 is 15.8 Å². The van der Waals surface area contributed by atoms with Crippen LogP contribution >= 0.6 is 0 Å². The predicted octanol–water partition coefficient (Wildman–Crippen LogP) is 1.95. The van der Waals surface area contributed by atoms with E-state index in [1.165, 1.54) is 0 Å². The molecule has 4 N–H and O–H groups in total. The number of aryl methyl sites for hydroxylation is 2. The molecule has 1 heterocycles. The minimum absolute atomic E-state index is 0.295. The van der Waals surface area contributed by atoms with Crippen molar-refractivity contribution in [3.63, 3.8) is 0 Å². The maximum atomic E-state index is 9.49. The molecule has 1 aromatic carbocycles. The topological polar surface area (TPSA) is 62.0 Å². The van der Waals surface area contributed by atoms with Crippen molar-refractivity contribution in [1.82, 2.24) is 4.98 Å². The van der Waals surface area contributed by atoms with Gasteiger partial charge in [0, 0.05) is 23.1 Å². The molecule has 0 saturated carbocycles. The van der Waals surface area contributed by atoms with E-state index < -0.39 is 0 Å².